The summed E-state index contributed by atoms with van der Waals surface area (Å²) in [5.74, 6) is -1.21. The number of carboxylic acids is 1. The number of carboxylic acid groups (broad SMARTS) is 1. The van der Waals surface area contributed by atoms with Gasteiger partial charge in [-0.3, -0.25) is 4.79 Å². The molecule has 0 bridgehead atoms. The number of hydrogen-bond donors (Lipinski definition) is 2. The maximum Gasteiger partial charge on any atom is 0.322 e. The van der Waals surface area contributed by atoms with Gasteiger partial charge in [-0.05, 0) is 60.6 Å². The normalized spacial score (nSPS) is 15.2. The summed E-state index contributed by atoms with van der Waals surface area (Å²) >= 11 is 0. The molecule has 0 radical (unpaired) electrons. The third-order valence-corrected chi connectivity index (χ3v) is 7.60. The molecule has 1 atom stereocenters. The fourth-order valence-electron chi connectivity index (χ4n) is 3.55. The minimum atomic E-state index is -4.09. The molecule has 1 heterocycles. The molecule has 4 rings (SSSR count). The van der Waals surface area contributed by atoms with E-state index in [0.717, 1.165) is 24.5 Å². The number of aliphatic carboxylic acids is 1. The van der Waals surface area contributed by atoms with Gasteiger partial charge in [0.2, 0.25) is 21.7 Å². The van der Waals surface area contributed by atoms with E-state index in [9.17, 15) is 22.7 Å². The molecule has 3 aromatic rings. The van der Waals surface area contributed by atoms with Crippen molar-refractivity contribution in [3.8, 4) is 11.4 Å². The highest BCUT2D eigenvalue weighted by Crippen LogP contribution is 2.47. The van der Waals surface area contributed by atoms with Crippen molar-refractivity contribution in [2.75, 3.05) is 0 Å². The highest BCUT2D eigenvalue weighted by molar-refractivity contribution is 7.89. The van der Waals surface area contributed by atoms with Gasteiger partial charge in [-0.15, -0.1) is 0 Å². The van der Waals surface area contributed by atoms with Crippen molar-refractivity contribution < 1.29 is 27.2 Å². The molecule has 1 aliphatic carbocycles. The fourth-order valence-corrected chi connectivity index (χ4v) is 4.74. The van der Waals surface area contributed by atoms with E-state index < -0.39 is 27.9 Å². The second kappa shape index (κ2) is 10.9. The molecule has 10 heteroatoms. The summed E-state index contributed by atoms with van der Waals surface area (Å²) in [5, 5.41) is 13.5. The van der Waals surface area contributed by atoms with Crippen LogP contribution in [0.1, 0.15) is 70.4 Å². The quantitative estimate of drug-likeness (QED) is 0.407. The van der Waals surface area contributed by atoms with Crippen LogP contribution in [-0.2, 0) is 26.7 Å². The van der Waals surface area contributed by atoms with E-state index in [1.165, 1.54) is 24.3 Å². The third kappa shape index (κ3) is 6.17. The first kappa shape index (κ1) is 27.5. The van der Waals surface area contributed by atoms with Gasteiger partial charge in [0.05, 0.1) is 10.5 Å². The van der Waals surface area contributed by atoms with Gasteiger partial charge in [0.25, 0.3) is 0 Å². The summed E-state index contributed by atoms with van der Waals surface area (Å²) < 4.78 is 47.8. The minimum Gasteiger partial charge on any atom is -0.480 e. The molecule has 194 valence electrons. The van der Waals surface area contributed by atoms with E-state index in [4.69, 9.17) is 4.52 Å². The van der Waals surface area contributed by atoms with Crippen LogP contribution in [0.2, 0.25) is 0 Å². The van der Waals surface area contributed by atoms with Gasteiger partial charge in [-0.2, -0.15) is 9.71 Å². The van der Waals surface area contributed by atoms with Crippen LogP contribution >= 0.6 is 0 Å². The van der Waals surface area contributed by atoms with Gasteiger partial charge in [0, 0.05) is 5.41 Å². The van der Waals surface area contributed by atoms with Gasteiger partial charge in [0.1, 0.15) is 11.9 Å². The molecular formula is C26H32FN3O5S. The topological polar surface area (TPSA) is 122 Å². The summed E-state index contributed by atoms with van der Waals surface area (Å²) in [6.07, 6.45) is 1.63. The van der Waals surface area contributed by atoms with Crippen molar-refractivity contribution in [3.63, 3.8) is 0 Å². The van der Waals surface area contributed by atoms with Crippen LogP contribution in [-0.4, -0.2) is 35.7 Å². The smallest absolute Gasteiger partial charge is 0.322 e. The number of hydrogen-bond acceptors (Lipinski definition) is 6. The number of sulfonamides is 1. The number of nitrogens with zero attached hydrogens (tertiary/aromatic N) is 2. The summed E-state index contributed by atoms with van der Waals surface area (Å²) in [5.41, 5.74) is 1.25. The van der Waals surface area contributed by atoms with Crippen molar-refractivity contribution in [1.82, 2.24) is 14.9 Å². The Morgan fingerprint density at radius 1 is 1.17 bits per heavy atom. The Bertz CT molecular complexity index is 1320. The number of benzene rings is 2. The molecule has 0 spiro atoms. The lowest BCUT2D eigenvalue weighted by Crippen LogP contribution is -2.42. The van der Waals surface area contributed by atoms with Crippen LogP contribution in [0.15, 0.2) is 51.9 Å². The van der Waals surface area contributed by atoms with Crippen molar-refractivity contribution in [1.29, 1.82) is 0 Å². The fraction of sp³-hybridized carbons (Fsp3) is 0.423. The molecule has 0 saturated heterocycles. The van der Waals surface area contributed by atoms with Crippen molar-refractivity contribution in [2.45, 2.75) is 76.2 Å². The van der Waals surface area contributed by atoms with Gasteiger partial charge >= 0.3 is 5.97 Å². The van der Waals surface area contributed by atoms with Gasteiger partial charge in [0.15, 0.2) is 0 Å². The number of halogens is 1. The van der Waals surface area contributed by atoms with Gasteiger partial charge in [-0.25, -0.2) is 12.8 Å². The predicted octanol–water partition coefficient (Wildman–Crippen LogP) is 5.05. The summed E-state index contributed by atoms with van der Waals surface area (Å²) in [4.78, 5) is 16.0. The maximum atomic E-state index is 14.8. The molecule has 2 N–H and O–H groups in total. The average molecular weight is 518 g/mol. The lowest BCUT2D eigenvalue weighted by molar-refractivity contribution is -0.138. The standard InChI is InChI=1S/C24H26FN3O5S.C2H6/c1-14(2)16-5-7-17(8-6-16)34(31,32)28-20(22(29)30)13-15-4-9-18(19(25)12-15)21-26-23(33-27-21)24(3)10-11-24;1-2/h4-9,12,14,20,28H,10-11,13H2,1-3H3,(H,29,30);1-2H3. The molecule has 8 nitrogen and oxygen atoms in total. The molecular weight excluding hydrogens is 485 g/mol. The highest BCUT2D eigenvalue weighted by atomic mass is 32.2. The van der Waals surface area contributed by atoms with E-state index in [1.54, 1.807) is 12.1 Å². The molecule has 1 saturated carbocycles. The maximum absolute atomic E-state index is 14.8. The van der Waals surface area contributed by atoms with Crippen molar-refractivity contribution >= 4 is 16.0 Å². The minimum absolute atomic E-state index is 0.0399. The zero-order valence-corrected chi connectivity index (χ0v) is 21.9. The monoisotopic (exact) mass is 517 g/mol. The summed E-state index contributed by atoms with van der Waals surface area (Å²) in [6.45, 7) is 9.96. The lowest BCUT2D eigenvalue weighted by Gasteiger charge is -2.16. The Hall–Kier alpha value is -3.11. The van der Waals surface area contributed by atoms with Crippen LogP contribution in [0, 0.1) is 5.82 Å². The third-order valence-electron chi connectivity index (χ3n) is 6.11. The largest absolute Gasteiger partial charge is 0.480 e. The second-order valence-corrected chi connectivity index (χ2v) is 11.0. The molecule has 1 fully saturated rings. The number of aromatic nitrogens is 2. The summed E-state index contributed by atoms with van der Waals surface area (Å²) in [7, 11) is -4.09. The van der Waals surface area contributed by atoms with E-state index >= 15 is 0 Å². The highest BCUT2D eigenvalue weighted by Gasteiger charge is 2.44. The van der Waals surface area contributed by atoms with E-state index in [-0.39, 0.29) is 34.0 Å². The van der Waals surface area contributed by atoms with Crippen LogP contribution < -0.4 is 4.72 Å². The Kier molecular flexibility index (Phi) is 8.30. The molecule has 2 aromatic carbocycles. The number of carbonyl (C=O) groups is 1. The lowest BCUT2D eigenvalue weighted by atomic mass is 10.0. The first-order chi connectivity index (χ1) is 17.0. The number of nitrogens with one attached hydrogen (secondary N) is 1. The van der Waals surface area contributed by atoms with E-state index in [0.29, 0.717) is 11.5 Å². The molecule has 1 aliphatic rings. The van der Waals surface area contributed by atoms with Crippen molar-refractivity contribution in [3.05, 3.63) is 65.3 Å². The average Bonchev–Trinajstić information content (AvgIpc) is 3.39. The van der Waals surface area contributed by atoms with Crippen molar-refractivity contribution in [2.24, 2.45) is 0 Å². The Labute approximate surface area is 211 Å². The van der Waals surface area contributed by atoms with Crippen LogP contribution in [0.4, 0.5) is 4.39 Å². The number of rotatable bonds is 9. The molecule has 1 aromatic heterocycles. The zero-order valence-electron chi connectivity index (χ0n) is 21.1. The first-order valence-corrected chi connectivity index (χ1v) is 13.4. The van der Waals surface area contributed by atoms with Gasteiger partial charge < -0.3 is 9.63 Å². The first-order valence-electron chi connectivity index (χ1n) is 12.0. The second-order valence-electron chi connectivity index (χ2n) is 9.24. The van der Waals surface area contributed by atoms with Crippen LogP contribution in [0.3, 0.4) is 0 Å². The van der Waals surface area contributed by atoms with Crippen LogP contribution in [0.5, 0.6) is 0 Å². The zero-order chi connectivity index (χ0) is 26.7. The predicted molar refractivity (Wildman–Crippen MR) is 134 cm³/mol. The molecule has 1 unspecified atom stereocenters. The van der Waals surface area contributed by atoms with Crippen LogP contribution in [0.25, 0.3) is 11.4 Å². The molecule has 36 heavy (non-hydrogen) atoms. The summed E-state index contributed by atoms with van der Waals surface area (Å²) in [6, 6.07) is 8.89. The molecule has 0 aliphatic heterocycles. The Morgan fingerprint density at radius 3 is 2.33 bits per heavy atom. The Balaban J connectivity index is 0.00000176. The molecule has 0 amide bonds. The Morgan fingerprint density at radius 2 is 1.81 bits per heavy atom. The van der Waals surface area contributed by atoms with E-state index in [2.05, 4.69) is 14.9 Å². The van der Waals surface area contributed by atoms with Gasteiger partial charge in [-0.1, -0.05) is 58.0 Å². The SMILES string of the molecule is CC.CC(C)c1ccc(S(=O)(=O)NC(Cc2ccc(-c3noc(C4(C)CC4)n3)c(F)c2)C(=O)O)cc1. The van der Waals surface area contributed by atoms with E-state index in [1.807, 2.05) is 34.6 Å².